The van der Waals surface area contributed by atoms with Gasteiger partial charge in [0.2, 0.25) is 0 Å². The van der Waals surface area contributed by atoms with Gasteiger partial charge in [-0.25, -0.2) is 9.78 Å². The standard InChI is InChI=1S/C18H20N6O/c1-13-6-5-7-14(10-13)17(15-8-3-4-9-19-15)22-18(25)20-11-16-21-12-24(2)23-16/h3-10,12,17H,11H2,1-2H3,(H2,20,22,25)/t17-/m0/s1. The number of aromatic nitrogens is 4. The van der Waals surface area contributed by atoms with Crippen molar-refractivity contribution < 1.29 is 4.79 Å². The van der Waals surface area contributed by atoms with Crippen LogP contribution in [0.1, 0.15) is 28.7 Å². The molecule has 2 amide bonds. The van der Waals surface area contributed by atoms with E-state index in [4.69, 9.17) is 0 Å². The maximum atomic E-state index is 12.4. The third-order valence-electron chi connectivity index (χ3n) is 3.69. The van der Waals surface area contributed by atoms with Gasteiger partial charge < -0.3 is 10.6 Å². The van der Waals surface area contributed by atoms with E-state index in [-0.39, 0.29) is 18.6 Å². The number of hydrogen-bond acceptors (Lipinski definition) is 4. The van der Waals surface area contributed by atoms with Crippen LogP contribution in [0.2, 0.25) is 0 Å². The van der Waals surface area contributed by atoms with Crippen LogP contribution >= 0.6 is 0 Å². The van der Waals surface area contributed by atoms with Gasteiger partial charge in [-0.15, -0.1) is 0 Å². The molecular formula is C18H20N6O. The van der Waals surface area contributed by atoms with E-state index >= 15 is 0 Å². The van der Waals surface area contributed by atoms with E-state index in [1.54, 1.807) is 24.3 Å². The number of amides is 2. The van der Waals surface area contributed by atoms with Crippen molar-refractivity contribution in [3.63, 3.8) is 0 Å². The second-order valence-corrected chi connectivity index (χ2v) is 5.76. The summed E-state index contributed by atoms with van der Waals surface area (Å²) in [6.07, 6.45) is 3.31. The van der Waals surface area contributed by atoms with E-state index in [0.717, 1.165) is 16.8 Å². The molecule has 0 bridgehead atoms. The number of urea groups is 1. The number of rotatable bonds is 5. The van der Waals surface area contributed by atoms with Gasteiger partial charge in [0.05, 0.1) is 18.3 Å². The molecule has 2 N–H and O–H groups in total. The third kappa shape index (κ3) is 4.41. The highest BCUT2D eigenvalue weighted by Gasteiger charge is 2.18. The molecule has 0 aliphatic carbocycles. The molecule has 0 unspecified atom stereocenters. The highest BCUT2D eigenvalue weighted by Crippen LogP contribution is 2.21. The molecule has 2 aromatic heterocycles. The lowest BCUT2D eigenvalue weighted by Crippen LogP contribution is -2.38. The molecule has 0 aliphatic rings. The van der Waals surface area contributed by atoms with Crippen molar-refractivity contribution in [1.82, 2.24) is 30.4 Å². The average molecular weight is 336 g/mol. The maximum absolute atomic E-state index is 12.4. The number of aryl methyl sites for hydroxylation is 2. The van der Waals surface area contributed by atoms with E-state index in [9.17, 15) is 4.79 Å². The van der Waals surface area contributed by atoms with Gasteiger partial charge in [0.25, 0.3) is 0 Å². The molecule has 3 rings (SSSR count). The fraction of sp³-hybridized carbons (Fsp3) is 0.222. The summed E-state index contributed by atoms with van der Waals surface area (Å²) in [5, 5.41) is 9.90. The van der Waals surface area contributed by atoms with Crippen molar-refractivity contribution in [3.8, 4) is 0 Å². The molecule has 0 saturated carbocycles. The van der Waals surface area contributed by atoms with E-state index in [0.29, 0.717) is 5.82 Å². The van der Waals surface area contributed by atoms with Gasteiger partial charge in [-0.2, -0.15) is 5.10 Å². The van der Waals surface area contributed by atoms with Crippen molar-refractivity contribution in [1.29, 1.82) is 0 Å². The number of hydrogen-bond donors (Lipinski definition) is 2. The fourth-order valence-electron chi connectivity index (χ4n) is 2.53. The zero-order valence-corrected chi connectivity index (χ0v) is 14.2. The quantitative estimate of drug-likeness (QED) is 0.747. The van der Waals surface area contributed by atoms with Crippen molar-refractivity contribution in [2.24, 2.45) is 7.05 Å². The van der Waals surface area contributed by atoms with E-state index < -0.39 is 0 Å². The summed E-state index contributed by atoms with van der Waals surface area (Å²) in [4.78, 5) is 20.8. The topological polar surface area (TPSA) is 84.7 Å². The van der Waals surface area contributed by atoms with E-state index in [2.05, 4.69) is 25.7 Å². The Hall–Kier alpha value is -3.22. The van der Waals surface area contributed by atoms with Crippen molar-refractivity contribution in [3.05, 3.63) is 77.6 Å². The van der Waals surface area contributed by atoms with Gasteiger partial charge >= 0.3 is 6.03 Å². The van der Waals surface area contributed by atoms with Crippen LogP contribution in [0.5, 0.6) is 0 Å². The van der Waals surface area contributed by atoms with Gasteiger partial charge in [0.15, 0.2) is 5.82 Å². The highest BCUT2D eigenvalue weighted by atomic mass is 16.2. The van der Waals surface area contributed by atoms with Crippen LogP contribution in [0, 0.1) is 6.92 Å². The van der Waals surface area contributed by atoms with Crippen molar-refractivity contribution in [2.75, 3.05) is 0 Å². The Bertz CT molecular complexity index is 846. The zero-order valence-electron chi connectivity index (χ0n) is 14.2. The Kier molecular flexibility index (Phi) is 5.03. The predicted octanol–water partition coefficient (Wildman–Crippen LogP) is 2.11. The number of nitrogens with zero attached hydrogens (tertiary/aromatic N) is 4. The van der Waals surface area contributed by atoms with Gasteiger partial charge in [-0.05, 0) is 24.6 Å². The first-order valence-corrected chi connectivity index (χ1v) is 7.98. The largest absolute Gasteiger partial charge is 0.331 e. The van der Waals surface area contributed by atoms with Crippen LogP contribution < -0.4 is 10.6 Å². The summed E-state index contributed by atoms with van der Waals surface area (Å²) in [5.74, 6) is 0.558. The minimum Gasteiger partial charge on any atom is -0.331 e. The monoisotopic (exact) mass is 336 g/mol. The molecule has 1 atom stereocenters. The Morgan fingerprint density at radius 2 is 2.08 bits per heavy atom. The molecule has 0 saturated heterocycles. The highest BCUT2D eigenvalue weighted by molar-refractivity contribution is 5.74. The summed E-state index contributed by atoms with van der Waals surface area (Å²) in [6.45, 7) is 2.28. The fourth-order valence-corrected chi connectivity index (χ4v) is 2.53. The zero-order chi connectivity index (χ0) is 17.6. The molecule has 3 aromatic rings. The van der Waals surface area contributed by atoms with Crippen LogP contribution in [-0.4, -0.2) is 25.8 Å². The lowest BCUT2D eigenvalue weighted by molar-refractivity contribution is 0.238. The smallest absolute Gasteiger partial charge is 0.315 e. The first-order chi connectivity index (χ1) is 12.1. The number of benzene rings is 1. The summed E-state index contributed by atoms with van der Waals surface area (Å²) >= 11 is 0. The van der Waals surface area contributed by atoms with Crippen LogP contribution in [0.15, 0.2) is 55.0 Å². The molecule has 25 heavy (non-hydrogen) atoms. The Labute approximate surface area is 146 Å². The summed E-state index contributed by atoms with van der Waals surface area (Å²) in [7, 11) is 1.78. The molecule has 2 heterocycles. The molecule has 0 radical (unpaired) electrons. The molecule has 0 spiro atoms. The van der Waals surface area contributed by atoms with Crippen molar-refractivity contribution in [2.45, 2.75) is 19.5 Å². The number of pyridine rings is 1. The number of carbonyl (C=O) groups is 1. The summed E-state index contributed by atoms with van der Waals surface area (Å²) < 4.78 is 1.60. The van der Waals surface area contributed by atoms with Crippen LogP contribution in [0.3, 0.4) is 0 Å². The van der Waals surface area contributed by atoms with Crippen LogP contribution in [-0.2, 0) is 13.6 Å². The average Bonchev–Trinajstić information content (AvgIpc) is 3.04. The van der Waals surface area contributed by atoms with Crippen LogP contribution in [0.4, 0.5) is 4.79 Å². The predicted molar refractivity (Wildman–Crippen MR) is 93.6 cm³/mol. The maximum Gasteiger partial charge on any atom is 0.315 e. The second-order valence-electron chi connectivity index (χ2n) is 5.76. The lowest BCUT2D eigenvalue weighted by atomic mass is 10.0. The molecule has 7 heteroatoms. The van der Waals surface area contributed by atoms with Crippen LogP contribution in [0.25, 0.3) is 0 Å². The van der Waals surface area contributed by atoms with E-state index in [1.807, 2.05) is 49.4 Å². The molecular weight excluding hydrogens is 316 g/mol. The summed E-state index contributed by atoms with van der Waals surface area (Å²) in [6, 6.07) is 13.0. The third-order valence-corrected chi connectivity index (χ3v) is 3.69. The SMILES string of the molecule is Cc1cccc([C@H](NC(=O)NCc2ncn(C)n2)c2ccccn2)c1. The molecule has 1 aromatic carbocycles. The normalized spacial score (nSPS) is 11.8. The Morgan fingerprint density at radius 3 is 2.76 bits per heavy atom. The molecule has 0 fully saturated rings. The molecule has 128 valence electrons. The Balaban J connectivity index is 1.74. The first-order valence-electron chi connectivity index (χ1n) is 7.98. The summed E-state index contributed by atoms with van der Waals surface area (Å²) in [5.41, 5.74) is 2.88. The lowest BCUT2D eigenvalue weighted by Gasteiger charge is -2.19. The van der Waals surface area contributed by atoms with Gasteiger partial charge in [-0.3, -0.25) is 9.67 Å². The Morgan fingerprint density at radius 1 is 1.20 bits per heavy atom. The molecule has 7 nitrogen and oxygen atoms in total. The minimum atomic E-state index is -0.335. The minimum absolute atomic E-state index is 0.259. The van der Waals surface area contributed by atoms with Gasteiger partial charge in [-0.1, -0.05) is 35.9 Å². The van der Waals surface area contributed by atoms with Gasteiger partial charge in [0, 0.05) is 13.2 Å². The number of nitrogens with one attached hydrogen (secondary N) is 2. The first kappa shape index (κ1) is 16.6. The van der Waals surface area contributed by atoms with Gasteiger partial charge in [0.1, 0.15) is 6.33 Å². The molecule has 0 aliphatic heterocycles. The van der Waals surface area contributed by atoms with E-state index in [1.165, 1.54) is 0 Å². The number of carbonyl (C=O) groups excluding carboxylic acids is 1. The second kappa shape index (κ2) is 7.57. The van der Waals surface area contributed by atoms with Crippen molar-refractivity contribution >= 4 is 6.03 Å².